The first-order valence-corrected chi connectivity index (χ1v) is 7.89. The quantitative estimate of drug-likeness (QED) is 0.440. The van der Waals surface area contributed by atoms with Crippen LogP contribution in [0.3, 0.4) is 0 Å². The van der Waals surface area contributed by atoms with Crippen LogP contribution in [0.5, 0.6) is 5.75 Å². The van der Waals surface area contributed by atoms with Crippen molar-refractivity contribution in [2.45, 2.75) is 13.0 Å². The van der Waals surface area contributed by atoms with Crippen molar-refractivity contribution in [1.82, 2.24) is 15.1 Å². The smallest absolute Gasteiger partial charge is 0.195 e. The van der Waals surface area contributed by atoms with Crippen LogP contribution >= 0.6 is 0 Å². The van der Waals surface area contributed by atoms with Gasteiger partial charge in [0.15, 0.2) is 5.96 Å². The number of hydrogen-bond acceptors (Lipinski definition) is 4. The summed E-state index contributed by atoms with van der Waals surface area (Å²) in [5, 5.41) is 10.7. The number of aryl methyl sites for hydroxylation is 1. The maximum atomic E-state index is 5.71. The Morgan fingerprint density at radius 2 is 2.17 bits per heavy atom. The minimum absolute atomic E-state index is 0.630. The molecule has 0 aliphatic carbocycles. The lowest BCUT2D eigenvalue weighted by molar-refractivity contribution is 0.172. The Bertz CT molecular complexity index is 654. The molecule has 0 spiro atoms. The summed E-state index contributed by atoms with van der Waals surface area (Å²) in [6, 6.07) is 9.77. The molecule has 0 aliphatic rings. The lowest BCUT2D eigenvalue weighted by Crippen LogP contribution is -2.30. The monoisotopic (exact) mass is 331 g/mol. The molecule has 0 aliphatic heterocycles. The van der Waals surface area contributed by atoms with E-state index in [1.807, 2.05) is 42.1 Å². The summed E-state index contributed by atoms with van der Waals surface area (Å²) in [6.07, 6.45) is 2.64. The van der Waals surface area contributed by atoms with Gasteiger partial charge in [-0.05, 0) is 18.2 Å². The Hall–Kier alpha value is -2.54. The largest absolute Gasteiger partial charge is 0.493 e. The van der Waals surface area contributed by atoms with Crippen molar-refractivity contribution < 1.29 is 9.47 Å². The first-order valence-electron chi connectivity index (χ1n) is 7.89. The highest BCUT2D eigenvalue weighted by atomic mass is 16.5. The van der Waals surface area contributed by atoms with Gasteiger partial charge in [0.1, 0.15) is 5.75 Å². The van der Waals surface area contributed by atoms with Crippen molar-refractivity contribution >= 4 is 11.6 Å². The average molecular weight is 331 g/mol. The Morgan fingerprint density at radius 1 is 1.29 bits per heavy atom. The zero-order chi connectivity index (χ0) is 17.2. The maximum Gasteiger partial charge on any atom is 0.195 e. The molecule has 0 radical (unpaired) electrons. The summed E-state index contributed by atoms with van der Waals surface area (Å²) in [7, 11) is 5.34. The van der Waals surface area contributed by atoms with Crippen LogP contribution in [0.4, 0.5) is 5.69 Å². The van der Waals surface area contributed by atoms with Crippen molar-refractivity contribution in [2.75, 3.05) is 32.7 Å². The van der Waals surface area contributed by atoms with E-state index in [4.69, 9.17) is 9.47 Å². The van der Waals surface area contributed by atoms with Crippen LogP contribution in [-0.4, -0.2) is 43.1 Å². The molecular weight excluding hydrogens is 306 g/mol. The molecule has 0 bridgehead atoms. The van der Waals surface area contributed by atoms with Crippen LogP contribution in [0, 0.1) is 0 Å². The molecule has 1 aromatic heterocycles. The van der Waals surface area contributed by atoms with Crippen LogP contribution in [0.15, 0.2) is 41.5 Å². The minimum atomic E-state index is 0.630. The van der Waals surface area contributed by atoms with Gasteiger partial charge in [-0.25, -0.2) is 0 Å². The molecule has 0 saturated heterocycles. The zero-order valence-corrected chi connectivity index (χ0v) is 14.5. The molecule has 1 heterocycles. The number of rotatable bonds is 8. The fraction of sp³-hybridized carbons (Fsp3) is 0.412. The molecule has 7 heteroatoms. The second-order valence-corrected chi connectivity index (χ2v) is 5.22. The fourth-order valence-corrected chi connectivity index (χ4v) is 2.12. The highest BCUT2D eigenvalue weighted by molar-refractivity contribution is 5.93. The van der Waals surface area contributed by atoms with E-state index in [0.29, 0.717) is 25.7 Å². The number of aliphatic imine (C=N–C) groups is 1. The third-order valence-corrected chi connectivity index (χ3v) is 3.44. The molecule has 7 nitrogen and oxygen atoms in total. The number of aromatic nitrogens is 2. The first kappa shape index (κ1) is 17.8. The molecular formula is C17H25N5O2. The number of nitrogens with zero attached hydrogens (tertiary/aromatic N) is 3. The second kappa shape index (κ2) is 9.57. The van der Waals surface area contributed by atoms with Crippen molar-refractivity contribution in [3.8, 4) is 5.75 Å². The van der Waals surface area contributed by atoms with Gasteiger partial charge in [0.2, 0.25) is 0 Å². The van der Waals surface area contributed by atoms with Gasteiger partial charge in [0.25, 0.3) is 0 Å². The van der Waals surface area contributed by atoms with Crippen LogP contribution in [-0.2, 0) is 18.3 Å². The Kier molecular flexibility index (Phi) is 7.10. The Morgan fingerprint density at radius 3 is 2.88 bits per heavy atom. The van der Waals surface area contributed by atoms with Gasteiger partial charge in [-0.1, -0.05) is 6.07 Å². The minimum Gasteiger partial charge on any atom is -0.493 e. The molecule has 24 heavy (non-hydrogen) atoms. The highest BCUT2D eigenvalue weighted by Gasteiger charge is 2.03. The third kappa shape index (κ3) is 5.58. The van der Waals surface area contributed by atoms with Gasteiger partial charge in [0, 0.05) is 52.2 Å². The number of ether oxygens (including phenoxy) is 2. The Balaban J connectivity index is 1.87. The van der Waals surface area contributed by atoms with E-state index in [0.717, 1.165) is 23.6 Å². The van der Waals surface area contributed by atoms with Crippen molar-refractivity contribution in [3.05, 3.63) is 42.2 Å². The molecule has 2 rings (SSSR count). The normalized spacial score (nSPS) is 11.4. The predicted octanol–water partition coefficient (Wildman–Crippen LogP) is 2.02. The van der Waals surface area contributed by atoms with Crippen molar-refractivity contribution in [3.63, 3.8) is 0 Å². The average Bonchev–Trinajstić information content (AvgIpc) is 3.01. The summed E-state index contributed by atoms with van der Waals surface area (Å²) in [5.74, 6) is 1.51. The lowest BCUT2D eigenvalue weighted by Gasteiger charge is -2.13. The molecule has 0 amide bonds. The molecule has 1 aromatic carbocycles. The number of anilines is 1. The summed E-state index contributed by atoms with van der Waals surface area (Å²) in [6.45, 7) is 1.97. The van der Waals surface area contributed by atoms with Crippen molar-refractivity contribution in [2.24, 2.45) is 12.0 Å². The van der Waals surface area contributed by atoms with E-state index in [9.17, 15) is 0 Å². The third-order valence-electron chi connectivity index (χ3n) is 3.44. The number of methoxy groups -OCH3 is 1. The summed E-state index contributed by atoms with van der Waals surface area (Å²) >= 11 is 0. The molecule has 0 unspecified atom stereocenters. The topological polar surface area (TPSA) is 72.7 Å². The van der Waals surface area contributed by atoms with Crippen LogP contribution in [0.1, 0.15) is 12.1 Å². The standard InChI is InChI=1S/C17H25N5O2/c1-18-17(19-13-15-8-9-20-22(15)2)21-14-6-4-7-16(12-14)24-11-5-10-23-3/h4,6-9,12H,5,10-11,13H2,1-3H3,(H2,18,19,21). The van der Waals surface area contributed by atoms with Gasteiger partial charge in [-0.2, -0.15) is 5.10 Å². The molecule has 130 valence electrons. The number of hydrogen-bond donors (Lipinski definition) is 2. The Labute approximate surface area is 142 Å². The fourth-order valence-electron chi connectivity index (χ4n) is 2.12. The van der Waals surface area contributed by atoms with E-state index in [1.165, 1.54) is 0 Å². The van der Waals surface area contributed by atoms with Gasteiger partial charge in [-0.3, -0.25) is 9.67 Å². The number of benzene rings is 1. The van der Waals surface area contributed by atoms with E-state index in [-0.39, 0.29) is 0 Å². The molecule has 2 aromatic rings. The van der Waals surface area contributed by atoms with Crippen LogP contribution in [0.2, 0.25) is 0 Å². The van der Waals surface area contributed by atoms with E-state index in [2.05, 4.69) is 20.7 Å². The summed E-state index contributed by atoms with van der Waals surface area (Å²) < 4.78 is 12.5. The van der Waals surface area contributed by atoms with Crippen LogP contribution < -0.4 is 15.4 Å². The highest BCUT2D eigenvalue weighted by Crippen LogP contribution is 2.17. The second-order valence-electron chi connectivity index (χ2n) is 5.22. The maximum absolute atomic E-state index is 5.71. The number of nitrogens with one attached hydrogen (secondary N) is 2. The predicted molar refractivity (Wildman–Crippen MR) is 95.5 cm³/mol. The van der Waals surface area contributed by atoms with Gasteiger partial charge in [-0.15, -0.1) is 0 Å². The van der Waals surface area contributed by atoms with Gasteiger partial charge < -0.3 is 20.1 Å². The van der Waals surface area contributed by atoms with E-state index in [1.54, 1.807) is 20.4 Å². The number of guanidine groups is 1. The summed E-state index contributed by atoms with van der Waals surface area (Å²) in [5.41, 5.74) is 1.99. The van der Waals surface area contributed by atoms with Crippen LogP contribution in [0.25, 0.3) is 0 Å². The van der Waals surface area contributed by atoms with Crippen molar-refractivity contribution in [1.29, 1.82) is 0 Å². The molecule has 0 atom stereocenters. The molecule has 2 N–H and O–H groups in total. The van der Waals surface area contributed by atoms with E-state index < -0.39 is 0 Å². The van der Waals surface area contributed by atoms with Gasteiger partial charge >= 0.3 is 0 Å². The first-order chi connectivity index (χ1) is 11.7. The zero-order valence-electron chi connectivity index (χ0n) is 14.5. The van der Waals surface area contributed by atoms with Gasteiger partial charge in [0.05, 0.1) is 18.8 Å². The molecule has 0 saturated carbocycles. The SMILES string of the molecule is CN=C(NCc1ccnn1C)Nc1cccc(OCCCOC)c1. The molecule has 0 fully saturated rings. The van der Waals surface area contributed by atoms with E-state index >= 15 is 0 Å². The lowest BCUT2D eigenvalue weighted by atomic mass is 10.3. The summed E-state index contributed by atoms with van der Waals surface area (Å²) in [4.78, 5) is 4.24.